The van der Waals surface area contributed by atoms with Crippen LogP contribution in [0.4, 0.5) is 11.5 Å². The number of nitrogens with two attached hydrogens (primary N) is 1. The SMILES string of the molecule is CCc1nc(N)cc(Oc2ccc(Br)cc2[N+](=O)[O-])n1. The molecule has 0 unspecified atom stereocenters. The molecule has 0 aliphatic rings. The predicted molar refractivity (Wildman–Crippen MR) is 76.7 cm³/mol. The van der Waals surface area contributed by atoms with Crippen molar-refractivity contribution >= 4 is 27.4 Å². The number of nitrogen functional groups attached to an aromatic ring is 1. The molecule has 0 fully saturated rings. The maximum atomic E-state index is 11.0. The lowest BCUT2D eigenvalue weighted by Crippen LogP contribution is -2.01. The first kappa shape index (κ1) is 14.2. The van der Waals surface area contributed by atoms with Crippen molar-refractivity contribution in [3.8, 4) is 11.6 Å². The van der Waals surface area contributed by atoms with E-state index in [9.17, 15) is 10.1 Å². The molecule has 0 bridgehead atoms. The topological polar surface area (TPSA) is 104 Å². The highest BCUT2D eigenvalue weighted by Gasteiger charge is 2.17. The zero-order chi connectivity index (χ0) is 14.7. The lowest BCUT2D eigenvalue weighted by Gasteiger charge is -2.07. The summed E-state index contributed by atoms with van der Waals surface area (Å²) in [7, 11) is 0. The molecule has 0 spiro atoms. The minimum Gasteiger partial charge on any atom is -0.432 e. The molecule has 2 N–H and O–H groups in total. The van der Waals surface area contributed by atoms with Crippen LogP contribution in [-0.2, 0) is 6.42 Å². The van der Waals surface area contributed by atoms with Gasteiger partial charge >= 0.3 is 5.69 Å². The average molecular weight is 339 g/mol. The van der Waals surface area contributed by atoms with E-state index in [0.717, 1.165) is 0 Å². The van der Waals surface area contributed by atoms with Gasteiger partial charge < -0.3 is 10.5 Å². The molecule has 8 heteroatoms. The van der Waals surface area contributed by atoms with Gasteiger partial charge in [-0.15, -0.1) is 0 Å². The molecule has 0 radical (unpaired) electrons. The van der Waals surface area contributed by atoms with Crippen molar-refractivity contribution in [2.75, 3.05) is 5.73 Å². The van der Waals surface area contributed by atoms with Crippen molar-refractivity contribution in [2.45, 2.75) is 13.3 Å². The van der Waals surface area contributed by atoms with E-state index in [1.807, 2.05) is 6.92 Å². The first-order valence-electron chi connectivity index (χ1n) is 5.75. The summed E-state index contributed by atoms with van der Waals surface area (Å²) >= 11 is 3.18. The lowest BCUT2D eigenvalue weighted by atomic mass is 10.3. The molecule has 20 heavy (non-hydrogen) atoms. The van der Waals surface area contributed by atoms with Crippen LogP contribution in [0.1, 0.15) is 12.7 Å². The molecule has 0 aliphatic carbocycles. The van der Waals surface area contributed by atoms with Gasteiger partial charge in [-0.3, -0.25) is 10.1 Å². The Bertz CT molecular complexity index is 663. The van der Waals surface area contributed by atoms with Gasteiger partial charge in [0.2, 0.25) is 11.6 Å². The third-order valence-electron chi connectivity index (χ3n) is 2.42. The van der Waals surface area contributed by atoms with Gasteiger partial charge in [0, 0.05) is 23.0 Å². The number of nitro groups is 1. The molecule has 1 aromatic carbocycles. The van der Waals surface area contributed by atoms with Crippen molar-refractivity contribution < 1.29 is 9.66 Å². The second-order valence-electron chi connectivity index (χ2n) is 3.87. The lowest BCUT2D eigenvalue weighted by molar-refractivity contribution is -0.385. The molecule has 0 aliphatic heterocycles. The van der Waals surface area contributed by atoms with Gasteiger partial charge in [-0.25, -0.2) is 4.98 Å². The van der Waals surface area contributed by atoms with E-state index in [0.29, 0.717) is 16.7 Å². The van der Waals surface area contributed by atoms with Crippen LogP contribution in [0.2, 0.25) is 0 Å². The first-order valence-corrected chi connectivity index (χ1v) is 6.54. The summed E-state index contributed by atoms with van der Waals surface area (Å²) < 4.78 is 6.05. The van der Waals surface area contributed by atoms with Crippen LogP contribution in [0.15, 0.2) is 28.7 Å². The molecular formula is C12H11BrN4O3. The minimum atomic E-state index is -0.522. The standard InChI is InChI=1S/C12H11BrN4O3/c1-2-11-15-10(14)6-12(16-11)20-9-4-3-7(13)5-8(9)17(18)19/h3-6H,2H2,1H3,(H2,14,15,16). The Kier molecular flexibility index (Phi) is 4.14. The maximum Gasteiger partial charge on any atom is 0.312 e. The fourth-order valence-electron chi connectivity index (χ4n) is 1.53. The number of ether oxygens (including phenoxy) is 1. The highest BCUT2D eigenvalue weighted by atomic mass is 79.9. The van der Waals surface area contributed by atoms with Crippen LogP contribution in [0.5, 0.6) is 11.6 Å². The second-order valence-corrected chi connectivity index (χ2v) is 4.79. The quantitative estimate of drug-likeness (QED) is 0.678. The summed E-state index contributed by atoms with van der Waals surface area (Å²) in [5, 5.41) is 11.0. The third kappa shape index (κ3) is 3.21. The van der Waals surface area contributed by atoms with E-state index >= 15 is 0 Å². The normalized spacial score (nSPS) is 10.3. The van der Waals surface area contributed by atoms with Crippen LogP contribution in [0, 0.1) is 10.1 Å². The van der Waals surface area contributed by atoms with E-state index in [1.165, 1.54) is 18.2 Å². The van der Waals surface area contributed by atoms with Crippen LogP contribution in [0.25, 0.3) is 0 Å². The molecule has 7 nitrogen and oxygen atoms in total. The largest absolute Gasteiger partial charge is 0.432 e. The molecular weight excluding hydrogens is 328 g/mol. The summed E-state index contributed by atoms with van der Waals surface area (Å²) in [5.41, 5.74) is 5.48. The Morgan fingerprint density at radius 2 is 2.15 bits per heavy atom. The van der Waals surface area contributed by atoms with Crippen molar-refractivity contribution in [1.29, 1.82) is 0 Å². The third-order valence-corrected chi connectivity index (χ3v) is 2.91. The summed E-state index contributed by atoms with van der Waals surface area (Å²) in [6.07, 6.45) is 0.587. The molecule has 2 aromatic rings. The van der Waals surface area contributed by atoms with Crippen molar-refractivity contribution in [3.05, 3.63) is 44.7 Å². The number of nitrogens with zero attached hydrogens (tertiary/aromatic N) is 3. The van der Waals surface area contributed by atoms with Gasteiger partial charge in [-0.2, -0.15) is 4.98 Å². The van der Waals surface area contributed by atoms with Gasteiger partial charge in [0.05, 0.1) is 4.92 Å². The summed E-state index contributed by atoms with van der Waals surface area (Å²) in [6.45, 7) is 1.88. The van der Waals surface area contributed by atoms with Gasteiger partial charge in [0.1, 0.15) is 11.6 Å². The van der Waals surface area contributed by atoms with Crippen molar-refractivity contribution in [2.24, 2.45) is 0 Å². The number of anilines is 1. The highest BCUT2D eigenvalue weighted by molar-refractivity contribution is 9.10. The fourth-order valence-corrected chi connectivity index (χ4v) is 1.88. The Labute approximate surface area is 123 Å². The van der Waals surface area contributed by atoms with Crippen LogP contribution < -0.4 is 10.5 Å². The number of halogens is 1. The van der Waals surface area contributed by atoms with Crippen LogP contribution in [-0.4, -0.2) is 14.9 Å². The molecule has 0 saturated carbocycles. The number of benzene rings is 1. The summed E-state index contributed by atoms with van der Waals surface area (Å²) in [6, 6.07) is 5.92. The number of hydrogen-bond donors (Lipinski definition) is 1. The van der Waals surface area contributed by atoms with E-state index < -0.39 is 4.92 Å². The molecule has 0 amide bonds. The number of aryl methyl sites for hydroxylation is 1. The molecule has 0 atom stereocenters. The van der Waals surface area contributed by atoms with Gasteiger partial charge in [0.25, 0.3) is 0 Å². The Morgan fingerprint density at radius 1 is 1.40 bits per heavy atom. The Balaban J connectivity index is 2.39. The van der Waals surface area contributed by atoms with E-state index in [1.54, 1.807) is 6.07 Å². The van der Waals surface area contributed by atoms with E-state index in [4.69, 9.17) is 10.5 Å². The first-order chi connectivity index (χ1) is 9.49. The summed E-state index contributed by atoms with van der Waals surface area (Å²) in [5.74, 6) is 1.05. The van der Waals surface area contributed by atoms with Gasteiger partial charge in [-0.1, -0.05) is 22.9 Å². The van der Waals surface area contributed by atoms with E-state index in [2.05, 4.69) is 25.9 Å². The zero-order valence-electron chi connectivity index (χ0n) is 10.5. The minimum absolute atomic E-state index is 0.0957. The molecule has 2 rings (SSSR count). The number of rotatable bonds is 4. The summed E-state index contributed by atoms with van der Waals surface area (Å²) in [4.78, 5) is 18.6. The highest BCUT2D eigenvalue weighted by Crippen LogP contribution is 2.33. The van der Waals surface area contributed by atoms with Crippen molar-refractivity contribution in [1.82, 2.24) is 9.97 Å². The van der Waals surface area contributed by atoms with Crippen molar-refractivity contribution in [3.63, 3.8) is 0 Å². The molecule has 1 heterocycles. The van der Waals surface area contributed by atoms with E-state index in [-0.39, 0.29) is 23.1 Å². The number of nitro benzene ring substituents is 1. The Hall–Kier alpha value is -2.22. The number of hydrogen-bond acceptors (Lipinski definition) is 6. The zero-order valence-corrected chi connectivity index (χ0v) is 12.1. The Morgan fingerprint density at radius 3 is 2.80 bits per heavy atom. The monoisotopic (exact) mass is 338 g/mol. The van der Waals surface area contributed by atoms with Crippen LogP contribution >= 0.6 is 15.9 Å². The number of aromatic nitrogens is 2. The molecule has 1 aromatic heterocycles. The van der Waals surface area contributed by atoms with Crippen LogP contribution in [0.3, 0.4) is 0 Å². The van der Waals surface area contributed by atoms with Gasteiger partial charge in [-0.05, 0) is 12.1 Å². The predicted octanol–water partition coefficient (Wildman–Crippen LogP) is 3.08. The average Bonchev–Trinajstić information content (AvgIpc) is 2.40. The maximum absolute atomic E-state index is 11.0. The smallest absolute Gasteiger partial charge is 0.312 e. The fraction of sp³-hybridized carbons (Fsp3) is 0.167. The van der Waals surface area contributed by atoms with Gasteiger partial charge in [0.15, 0.2) is 0 Å². The molecule has 0 saturated heterocycles. The second kappa shape index (κ2) is 5.83. The molecule has 104 valence electrons.